The first-order chi connectivity index (χ1) is 18.9. The molecule has 0 radical (unpaired) electrons. The lowest BCUT2D eigenvalue weighted by molar-refractivity contribution is -0.115. The number of carbonyl (C=O) groups is 2. The number of carbonyl (C=O) groups excluding carboxylic acids is 2. The van der Waals surface area contributed by atoms with Gasteiger partial charge >= 0.3 is 0 Å². The van der Waals surface area contributed by atoms with Gasteiger partial charge in [0.25, 0.3) is 5.91 Å². The lowest BCUT2D eigenvalue weighted by atomic mass is 10.2. The van der Waals surface area contributed by atoms with Crippen molar-refractivity contribution in [3.63, 3.8) is 0 Å². The topological polar surface area (TPSA) is 98.8 Å². The van der Waals surface area contributed by atoms with Crippen LogP contribution in [0.4, 0.5) is 10.8 Å². The number of nitrogens with one attached hydrogen (secondary N) is 2. The van der Waals surface area contributed by atoms with Gasteiger partial charge in [0.1, 0.15) is 5.75 Å². The molecular formula is C29H29N3O5S2. The Morgan fingerprint density at radius 1 is 0.923 bits per heavy atom. The molecule has 1 unspecified atom stereocenters. The maximum absolute atomic E-state index is 13.1. The Bertz CT molecular complexity index is 1440. The van der Waals surface area contributed by atoms with Gasteiger partial charge in [0, 0.05) is 27.1 Å². The van der Waals surface area contributed by atoms with E-state index in [-0.39, 0.29) is 17.1 Å². The summed E-state index contributed by atoms with van der Waals surface area (Å²) in [6, 6.07) is 20.0. The van der Waals surface area contributed by atoms with E-state index in [1.165, 1.54) is 30.2 Å². The molecule has 2 amide bonds. The smallest absolute Gasteiger partial charge is 0.255 e. The van der Waals surface area contributed by atoms with Gasteiger partial charge < -0.3 is 24.8 Å². The quantitative estimate of drug-likeness (QED) is 0.198. The number of thioether (sulfide) groups is 1. The molecule has 4 rings (SSSR count). The maximum Gasteiger partial charge on any atom is 0.255 e. The summed E-state index contributed by atoms with van der Waals surface area (Å²) < 4.78 is 15.7. The molecule has 39 heavy (non-hydrogen) atoms. The lowest BCUT2D eigenvalue weighted by Crippen LogP contribution is -2.24. The minimum Gasteiger partial charge on any atom is -0.497 e. The second-order valence-electron chi connectivity index (χ2n) is 8.32. The van der Waals surface area contributed by atoms with Crippen LogP contribution in [0.1, 0.15) is 23.7 Å². The van der Waals surface area contributed by atoms with E-state index in [4.69, 9.17) is 14.2 Å². The van der Waals surface area contributed by atoms with Crippen LogP contribution in [0.3, 0.4) is 0 Å². The van der Waals surface area contributed by atoms with Crippen LogP contribution in [0.2, 0.25) is 0 Å². The summed E-state index contributed by atoms with van der Waals surface area (Å²) >= 11 is 2.82. The van der Waals surface area contributed by atoms with E-state index in [9.17, 15) is 9.59 Å². The Morgan fingerprint density at radius 3 is 2.38 bits per heavy atom. The van der Waals surface area contributed by atoms with Crippen LogP contribution in [0.5, 0.6) is 17.2 Å². The zero-order valence-corrected chi connectivity index (χ0v) is 23.7. The first-order valence-corrected chi connectivity index (χ1v) is 13.9. The van der Waals surface area contributed by atoms with Gasteiger partial charge in [-0.1, -0.05) is 13.0 Å². The van der Waals surface area contributed by atoms with Gasteiger partial charge in [-0.15, -0.1) is 23.1 Å². The van der Waals surface area contributed by atoms with E-state index in [0.717, 1.165) is 21.9 Å². The molecule has 0 fully saturated rings. The van der Waals surface area contributed by atoms with E-state index >= 15 is 0 Å². The molecule has 1 aromatic heterocycles. The van der Waals surface area contributed by atoms with Crippen molar-refractivity contribution in [2.24, 2.45) is 0 Å². The number of thiazole rings is 1. The molecule has 1 atom stereocenters. The van der Waals surface area contributed by atoms with E-state index < -0.39 is 0 Å². The summed E-state index contributed by atoms with van der Waals surface area (Å²) in [5.41, 5.74) is 2.80. The number of hydrogen-bond donors (Lipinski definition) is 2. The number of methoxy groups -OCH3 is 3. The molecule has 202 valence electrons. The summed E-state index contributed by atoms with van der Waals surface area (Å²) in [4.78, 5) is 31.3. The third-order valence-corrected chi connectivity index (χ3v) is 7.92. The molecule has 1 heterocycles. The van der Waals surface area contributed by atoms with Gasteiger partial charge in [-0.25, -0.2) is 4.98 Å². The monoisotopic (exact) mass is 563 g/mol. The first kappa shape index (κ1) is 28.0. The fourth-order valence-corrected chi connectivity index (χ4v) is 5.46. The minimum absolute atomic E-state index is 0.127. The van der Waals surface area contributed by atoms with Crippen LogP contribution >= 0.6 is 23.1 Å². The van der Waals surface area contributed by atoms with Crippen LogP contribution in [0.15, 0.2) is 77.0 Å². The predicted molar refractivity (Wildman–Crippen MR) is 157 cm³/mol. The highest BCUT2D eigenvalue weighted by atomic mass is 32.2. The van der Waals surface area contributed by atoms with Crippen molar-refractivity contribution in [1.82, 2.24) is 4.98 Å². The Morgan fingerprint density at radius 2 is 1.69 bits per heavy atom. The number of hydrogen-bond acceptors (Lipinski definition) is 8. The van der Waals surface area contributed by atoms with Gasteiger partial charge in [0.05, 0.1) is 32.3 Å². The summed E-state index contributed by atoms with van der Waals surface area (Å²) in [5.74, 6) is 1.39. The number of amides is 2. The number of rotatable bonds is 11. The third kappa shape index (κ3) is 7.10. The zero-order chi connectivity index (χ0) is 27.8. The minimum atomic E-state index is -0.338. The number of aromatic nitrogens is 1. The largest absolute Gasteiger partial charge is 0.497 e. The SMILES string of the molecule is CCC(Sc1cccc(NC(=O)c2ccc(OC)c(OC)c2)c1)C(=O)Nc1nc(-c2ccc(OC)cc2)cs1. The fraction of sp³-hybridized carbons (Fsp3) is 0.207. The molecule has 0 aliphatic rings. The average molecular weight is 564 g/mol. The number of benzene rings is 3. The molecule has 0 aliphatic heterocycles. The van der Waals surface area contributed by atoms with Crippen molar-refractivity contribution < 1.29 is 23.8 Å². The van der Waals surface area contributed by atoms with Crippen LogP contribution in [-0.2, 0) is 4.79 Å². The molecule has 0 saturated carbocycles. The predicted octanol–water partition coefficient (Wildman–Crippen LogP) is 6.60. The summed E-state index contributed by atoms with van der Waals surface area (Å²) in [5, 5.41) is 7.97. The van der Waals surface area contributed by atoms with Crippen molar-refractivity contribution in [3.05, 3.63) is 77.7 Å². The Balaban J connectivity index is 1.39. The fourth-order valence-electron chi connectivity index (χ4n) is 3.73. The molecule has 3 aromatic carbocycles. The van der Waals surface area contributed by atoms with Gasteiger partial charge in [-0.3, -0.25) is 9.59 Å². The molecule has 4 aromatic rings. The van der Waals surface area contributed by atoms with Crippen LogP contribution in [-0.4, -0.2) is 43.4 Å². The molecule has 0 saturated heterocycles. The molecule has 0 aliphatic carbocycles. The Labute approximate surface area is 235 Å². The van der Waals surface area contributed by atoms with Crippen LogP contribution < -0.4 is 24.8 Å². The second kappa shape index (κ2) is 13.2. The molecule has 10 heteroatoms. The van der Waals surface area contributed by atoms with Crippen LogP contribution in [0.25, 0.3) is 11.3 Å². The van der Waals surface area contributed by atoms with Crippen molar-refractivity contribution in [2.45, 2.75) is 23.5 Å². The van der Waals surface area contributed by atoms with Crippen molar-refractivity contribution in [2.75, 3.05) is 32.0 Å². The standard InChI is InChI=1S/C29H29N3O5S2/c1-5-26(28(34)32-29-31-23(17-38-29)18-9-12-21(35-2)13-10-18)39-22-8-6-7-20(16-22)30-27(33)19-11-14-24(36-3)25(15-19)37-4/h6-17,26H,5H2,1-4H3,(H,30,33)(H,31,32,34). The molecule has 0 spiro atoms. The Hall–Kier alpha value is -4.02. The second-order valence-corrected chi connectivity index (χ2v) is 10.5. The van der Waals surface area contributed by atoms with Gasteiger partial charge in [0.15, 0.2) is 16.6 Å². The highest BCUT2D eigenvalue weighted by Gasteiger charge is 2.20. The van der Waals surface area contributed by atoms with Gasteiger partial charge in [-0.2, -0.15) is 0 Å². The molecule has 2 N–H and O–H groups in total. The van der Waals surface area contributed by atoms with Crippen LogP contribution in [0, 0.1) is 0 Å². The van der Waals surface area contributed by atoms with Gasteiger partial charge in [0.2, 0.25) is 5.91 Å². The molecular weight excluding hydrogens is 534 g/mol. The normalized spacial score (nSPS) is 11.4. The highest BCUT2D eigenvalue weighted by Crippen LogP contribution is 2.31. The lowest BCUT2D eigenvalue weighted by Gasteiger charge is -2.14. The molecule has 8 nitrogen and oxygen atoms in total. The maximum atomic E-state index is 13.1. The van der Waals surface area contributed by atoms with Gasteiger partial charge in [-0.05, 0) is 67.1 Å². The highest BCUT2D eigenvalue weighted by molar-refractivity contribution is 8.00. The average Bonchev–Trinajstić information content (AvgIpc) is 3.44. The van der Waals surface area contributed by atoms with E-state index in [1.807, 2.05) is 54.8 Å². The van der Waals surface area contributed by atoms with E-state index in [0.29, 0.717) is 34.3 Å². The zero-order valence-electron chi connectivity index (χ0n) is 22.0. The molecule has 0 bridgehead atoms. The van der Waals surface area contributed by atoms with E-state index in [2.05, 4.69) is 15.6 Å². The number of nitrogens with zero attached hydrogens (tertiary/aromatic N) is 1. The van der Waals surface area contributed by atoms with Crippen molar-refractivity contribution >= 4 is 45.7 Å². The number of ether oxygens (including phenoxy) is 3. The van der Waals surface area contributed by atoms with Crippen molar-refractivity contribution in [1.29, 1.82) is 0 Å². The summed E-state index contributed by atoms with van der Waals surface area (Å²) in [6.07, 6.45) is 0.620. The number of anilines is 2. The van der Waals surface area contributed by atoms with E-state index in [1.54, 1.807) is 38.5 Å². The van der Waals surface area contributed by atoms with Crippen molar-refractivity contribution in [3.8, 4) is 28.5 Å². The summed E-state index contributed by atoms with van der Waals surface area (Å²) in [6.45, 7) is 1.96. The first-order valence-electron chi connectivity index (χ1n) is 12.1. The summed E-state index contributed by atoms with van der Waals surface area (Å²) in [7, 11) is 4.69. The Kier molecular flexibility index (Phi) is 9.45. The third-order valence-electron chi connectivity index (χ3n) is 5.80.